The number of rotatable bonds is 2. The average molecular weight is 325 g/mol. The van der Waals surface area contributed by atoms with E-state index in [9.17, 15) is 4.79 Å². The monoisotopic (exact) mass is 324 g/mol. The van der Waals surface area contributed by atoms with E-state index in [0.29, 0.717) is 12.6 Å². The summed E-state index contributed by atoms with van der Waals surface area (Å²) in [5.41, 5.74) is 2.74. The van der Waals surface area contributed by atoms with Crippen molar-refractivity contribution < 1.29 is 9.53 Å². The van der Waals surface area contributed by atoms with Gasteiger partial charge in [-0.3, -0.25) is 9.69 Å². The van der Waals surface area contributed by atoms with E-state index in [1.165, 1.54) is 22.8 Å². The molecule has 1 aromatic rings. The number of hydrogen-bond acceptors (Lipinski definition) is 4. The number of carbonyl (C=O) groups excluding carboxylic acids is 1. The lowest BCUT2D eigenvalue weighted by Gasteiger charge is -2.38. The predicted octanol–water partition coefficient (Wildman–Crippen LogP) is 1.67. The molecule has 19 heavy (non-hydrogen) atoms. The zero-order chi connectivity index (χ0) is 13.4. The van der Waals surface area contributed by atoms with Crippen LogP contribution in [-0.4, -0.2) is 50.2 Å². The molecule has 0 aliphatic carbocycles. The topological polar surface area (TPSA) is 32.8 Å². The van der Waals surface area contributed by atoms with Crippen molar-refractivity contribution >= 4 is 27.6 Å². The molecular weight excluding hydrogens is 308 g/mol. The lowest BCUT2D eigenvalue weighted by atomic mass is 10.1. The summed E-state index contributed by atoms with van der Waals surface area (Å²) in [7, 11) is 1.45. The summed E-state index contributed by atoms with van der Waals surface area (Å²) in [6.45, 7) is 3.22. The largest absolute Gasteiger partial charge is 0.468 e. The Morgan fingerprint density at radius 2 is 2.32 bits per heavy atom. The zero-order valence-electron chi connectivity index (χ0n) is 10.9. The molecule has 3 rings (SSSR count). The minimum Gasteiger partial charge on any atom is -0.468 e. The summed E-state index contributed by atoms with van der Waals surface area (Å²) >= 11 is 3.63. The van der Waals surface area contributed by atoms with Gasteiger partial charge in [0.1, 0.15) is 0 Å². The smallest absolute Gasteiger partial charge is 0.319 e. The van der Waals surface area contributed by atoms with E-state index >= 15 is 0 Å². The minimum atomic E-state index is -0.148. The molecule has 0 aromatic heterocycles. The van der Waals surface area contributed by atoms with E-state index in [4.69, 9.17) is 4.74 Å². The molecule has 1 saturated heterocycles. The van der Waals surface area contributed by atoms with Crippen molar-refractivity contribution in [3.8, 4) is 0 Å². The predicted molar refractivity (Wildman–Crippen MR) is 77.4 cm³/mol. The van der Waals surface area contributed by atoms with Crippen molar-refractivity contribution in [1.29, 1.82) is 0 Å². The van der Waals surface area contributed by atoms with Crippen molar-refractivity contribution in [2.45, 2.75) is 12.5 Å². The fourth-order valence-corrected chi connectivity index (χ4v) is 3.57. The normalized spacial score (nSPS) is 22.0. The second-order valence-electron chi connectivity index (χ2n) is 5.10. The summed E-state index contributed by atoms with van der Waals surface area (Å²) in [5, 5.41) is 0. The maximum absolute atomic E-state index is 11.4. The van der Waals surface area contributed by atoms with E-state index in [1.54, 1.807) is 0 Å². The van der Waals surface area contributed by atoms with Gasteiger partial charge >= 0.3 is 5.97 Å². The third kappa shape index (κ3) is 2.37. The van der Waals surface area contributed by atoms with E-state index in [2.05, 4.69) is 43.9 Å². The van der Waals surface area contributed by atoms with E-state index in [-0.39, 0.29) is 5.97 Å². The van der Waals surface area contributed by atoms with Crippen molar-refractivity contribution in [2.24, 2.45) is 0 Å². The van der Waals surface area contributed by atoms with Gasteiger partial charge in [-0.1, -0.05) is 22.0 Å². The SMILES string of the molecule is COC(=O)CN1CCN2c3cccc(Br)c3C[C@@H]2C1. The molecule has 102 valence electrons. The zero-order valence-corrected chi connectivity index (χ0v) is 12.5. The molecule has 0 N–H and O–H groups in total. The maximum atomic E-state index is 11.4. The Kier molecular flexibility index (Phi) is 3.50. The van der Waals surface area contributed by atoms with E-state index in [0.717, 1.165) is 26.1 Å². The van der Waals surface area contributed by atoms with Gasteiger partial charge in [-0.05, 0) is 24.1 Å². The van der Waals surface area contributed by atoms with Crippen molar-refractivity contribution in [3.63, 3.8) is 0 Å². The Morgan fingerprint density at radius 1 is 1.47 bits per heavy atom. The first-order chi connectivity index (χ1) is 9.19. The molecule has 4 nitrogen and oxygen atoms in total. The van der Waals surface area contributed by atoms with Gasteiger partial charge in [-0.15, -0.1) is 0 Å². The molecule has 2 heterocycles. The van der Waals surface area contributed by atoms with Gasteiger partial charge in [0.25, 0.3) is 0 Å². The van der Waals surface area contributed by atoms with Crippen LogP contribution in [0, 0.1) is 0 Å². The number of hydrogen-bond donors (Lipinski definition) is 0. The number of anilines is 1. The number of carbonyl (C=O) groups is 1. The van der Waals surface area contributed by atoms with Crippen LogP contribution in [0.4, 0.5) is 5.69 Å². The van der Waals surface area contributed by atoms with Crippen LogP contribution in [-0.2, 0) is 16.0 Å². The number of fused-ring (bicyclic) bond motifs is 3. The van der Waals surface area contributed by atoms with Crippen molar-refractivity contribution in [3.05, 3.63) is 28.2 Å². The van der Waals surface area contributed by atoms with Gasteiger partial charge in [0.2, 0.25) is 0 Å². The molecule has 0 unspecified atom stereocenters. The highest BCUT2D eigenvalue weighted by molar-refractivity contribution is 9.10. The number of benzene rings is 1. The molecule has 0 amide bonds. The van der Waals surface area contributed by atoms with Crippen LogP contribution in [0.1, 0.15) is 5.56 Å². The minimum absolute atomic E-state index is 0.148. The maximum Gasteiger partial charge on any atom is 0.319 e. The van der Waals surface area contributed by atoms with Crippen LogP contribution < -0.4 is 4.90 Å². The Morgan fingerprint density at radius 3 is 3.11 bits per heavy atom. The fraction of sp³-hybridized carbons (Fsp3) is 0.500. The summed E-state index contributed by atoms with van der Waals surface area (Å²) < 4.78 is 5.94. The lowest BCUT2D eigenvalue weighted by Crippen LogP contribution is -2.53. The molecule has 1 aromatic carbocycles. The third-order valence-corrected chi connectivity index (χ3v) is 4.73. The number of esters is 1. The average Bonchev–Trinajstić information content (AvgIpc) is 2.78. The van der Waals surface area contributed by atoms with E-state index < -0.39 is 0 Å². The van der Waals surface area contributed by atoms with Gasteiger partial charge in [0, 0.05) is 35.8 Å². The Labute approximate surface area is 121 Å². The standard InChI is InChI=1S/C14H17BrN2O2/c1-19-14(18)9-16-5-6-17-10(8-16)7-11-12(15)3-2-4-13(11)17/h2-4,10H,5-9H2,1H3/t10-/m1/s1. The molecule has 2 aliphatic heterocycles. The summed E-state index contributed by atoms with van der Waals surface area (Å²) in [6, 6.07) is 6.86. The molecule has 2 aliphatic rings. The molecular formula is C14H17BrN2O2. The van der Waals surface area contributed by atoms with Gasteiger partial charge in [0.15, 0.2) is 0 Å². The molecule has 0 bridgehead atoms. The molecule has 1 fully saturated rings. The summed E-state index contributed by atoms with van der Waals surface area (Å²) in [5.74, 6) is -0.148. The Balaban J connectivity index is 1.73. The van der Waals surface area contributed by atoms with Crippen LogP contribution in [0.15, 0.2) is 22.7 Å². The van der Waals surface area contributed by atoms with Gasteiger partial charge in [0.05, 0.1) is 13.7 Å². The van der Waals surface area contributed by atoms with Gasteiger partial charge < -0.3 is 9.64 Å². The molecule has 0 spiro atoms. The van der Waals surface area contributed by atoms with Gasteiger partial charge in [-0.25, -0.2) is 0 Å². The molecule has 0 saturated carbocycles. The van der Waals surface area contributed by atoms with Gasteiger partial charge in [-0.2, -0.15) is 0 Å². The summed E-state index contributed by atoms with van der Waals surface area (Å²) in [6.07, 6.45) is 1.05. The summed E-state index contributed by atoms with van der Waals surface area (Å²) in [4.78, 5) is 16.0. The highest BCUT2D eigenvalue weighted by atomic mass is 79.9. The van der Waals surface area contributed by atoms with Crippen LogP contribution in [0.25, 0.3) is 0 Å². The third-order valence-electron chi connectivity index (χ3n) is 3.99. The molecule has 5 heteroatoms. The first-order valence-corrected chi connectivity index (χ1v) is 7.31. The number of nitrogens with zero attached hydrogens (tertiary/aromatic N) is 2. The van der Waals surface area contributed by atoms with Crippen LogP contribution in [0.2, 0.25) is 0 Å². The fourth-order valence-electron chi connectivity index (χ4n) is 3.06. The number of ether oxygens (including phenoxy) is 1. The first-order valence-electron chi connectivity index (χ1n) is 6.52. The Hall–Kier alpha value is -1.07. The Bertz CT molecular complexity index is 506. The highest BCUT2D eigenvalue weighted by Gasteiger charge is 2.35. The second-order valence-corrected chi connectivity index (χ2v) is 5.95. The number of methoxy groups -OCH3 is 1. The van der Waals surface area contributed by atoms with Crippen LogP contribution in [0.3, 0.4) is 0 Å². The molecule has 0 radical (unpaired) electrons. The highest BCUT2D eigenvalue weighted by Crippen LogP contribution is 2.38. The second kappa shape index (κ2) is 5.13. The first kappa shape index (κ1) is 12.9. The van der Waals surface area contributed by atoms with Crippen LogP contribution in [0.5, 0.6) is 0 Å². The van der Waals surface area contributed by atoms with Crippen molar-refractivity contribution in [1.82, 2.24) is 4.90 Å². The van der Waals surface area contributed by atoms with Crippen LogP contribution >= 0.6 is 15.9 Å². The number of halogens is 1. The lowest BCUT2D eigenvalue weighted by molar-refractivity contribution is -0.142. The van der Waals surface area contributed by atoms with E-state index in [1.807, 2.05) is 0 Å². The number of piperazine rings is 1. The molecule has 1 atom stereocenters. The van der Waals surface area contributed by atoms with Crippen molar-refractivity contribution in [2.75, 3.05) is 38.2 Å². The quantitative estimate of drug-likeness (QED) is 0.775.